The van der Waals surface area contributed by atoms with E-state index in [4.69, 9.17) is 27.9 Å². The molecule has 6 atom stereocenters. The summed E-state index contributed by atoms with van der Waals surface area (Å²) in [6.07, 6.45) is 2.81. The molecule has 0 aromatic heterocycles. The highest BCUT2D eigenvalue weighted by Crippen LogP contribution is 2.65. The van der Waals surface area contributed by atoms with E-state index in [1.54, 1.807) is 12.1 Å². The maximum absolute atomic E-state index is 13.6. The monoisotopic (exact) mass is 646 g/mol. The smallest absolute Gasteiger partial charge is 0.253 e. The van der Waals surface area contributed by atoms with Crippen LogP contribution in [0.15, 0.2) is 23.8 Å². The van der Waals surface area contributed by atoms with E-state index in [1.165, 1.54) is 19.1 Å². The number of fused-ring (bicyclic) bond motifs is 4. The van der Waals surface area contributed by atoms with Gasteiger partial charge >= 0.3 is 0 Å². The summed E-state index contributed by atoms with van der Waals surface area (Å²) >= 11 is 16.2. The number of imide groups is 2. The number of ether oxygens (including phenoxy) is 1. The Kier molecular flexibility index (Phi) is 6.15. The highest BCUT2D eigenvalue weighted by molar-refractivity contribution is 14.1. The number of nitrogens with zero attached hydrogens (tertiary/aromatic N) is 2. The topological polar surface area (TPSA) is 104 Å². The van der Waals surface area contributed by atoms with Crippen molar-refractivity contribution in [2.45, 2.75) is 41.9 Å². The average molecular weight is 647 g/mol. The molecule has 3 fully saturated rings. The number of benzene rings is 1. The molecule has 192 valence electrons. The molecule has 8 nitrogen and oxygen atoms in total. The maximum atomic E-state index is 13.6. The lowest BCUT2D eigenvalue weighted by atomic mass is 9.56. The summed E-state index contributed by atoms with van der Waals surface area (Å²) in [6, 6.07) is 3.26. The lowest BCUT2D eigenvalue weighted by Gasteiger charge is -2.50. The first-order valence-electron chi connectivity index (χ1n) is 11.8. The van der Waals surface area contributed by atoms with Crippen LogP contribution >= 0.6 is 45.8 Å². The van der Waals surface area contributed by atoms with E-state index >= 15 is 0 Å². The summed E-state index contributed by atoms with van der Waals surface area (Å²) < 4.78 is 5.82. The van der Waals surface area contributed by atoms with E-state index in [1.807, 2.05) is 35.6 Å². The van der Waals surface area contributed by atoms with Gasteiger partial charge in [0.2, 0.25) is 11.8 Å². The molecule has 11 heteroatoms. The minimum atomic E-state index is -1.87. The van der Waals surface area contributed by atoms with Gasteiger partial charge in [-0.05, 0) is 65.5 Å². The number of hydrogen-bond acceptors (Lipinski definition) is 6. The maximum Gasteiger partial charge on any atom is 0.253 e. The minimum absolute atomic E-state index is 0.0399. The Hall–Kier alpha value is -1.85. The van der Waals surface area contributed by atoms with Gasteiger partial charge in [0, 0.05) is 19.5 Å². The summed E-state index contributed by atoms with van der Waals surface area (Å²) in [5.41, 5.74) is 1.24. The molecule has 0 unspecified atom stereocenters. The molecule has 1 N–H and O–H groups in total. The number of methoxy groups -OCH3 is 1. The standard InChI is InChI=1S/C25H25Cl2IN2O6/c1-4-7-30-20(32)13-6-5-12-14(17(13)21(30)33)10-24(26)22(34)29(2)23(35)25(24,27)18(12)11-8-15(28)19(31)16(9-11)36-3/h5,8-9,13-14,17-18,31H,4,6-7,10H2,1-3H3/t13-,14+,17-,18-,24+,25-/m0/s1. The molecule has 1 aromatic carbocycles. The SMILES string of the molecule is CCCN1C(=O)[C@H]2[C@H](CC=C3[C@H]2C[C@@]2(Cl)C(=O)N(C)C(=O)[C@@]2(Cl)[C@H]3c2cc(I)c(O)c(OC)c2)C1=O. The molecular formula is C25H25Cl2IN2O6. The molecule has 5 rings (SSSR count). The molecule has 4 amide bonds. The Morgan fingerprint density at radius 3 is 2.47 bits per heavy atom. The predicted molar refractivity (Wildman–Crippen MR) is 140 cm³/mol. The highest BCUT2D eigenvalue weighted by atomic mass is 127. The van der Waals surface area contributed by atoms with Crippen molar-refractivity contribution >= 4 is 69.4 Å². The van der Waals surface area contributed by atoms with E-state index in [2.05, 4.69) is 0 Å². The van der Waals surface area contributed by atoms with Crippen molar-refractivity contribution in [2.24, 2.45) is 17.8 Å². The van der Waals surface area contributed by atoms with Crippen LogP contribution in [-0.2, 0) is 19.2 Å². The van der Waals surface area contributed by atoms with Crippen molar-refractivity contribution in [3.05, 3.63) is 32.9 Å². The van der Waals surface area contributed by atoms with Crippen molar-refractivity contribution in [1.29, 1.82) is 0 Å². The Labute approximate surface area is 232 Å². The second kappa shape index (κ2) is 8.59. The first-order chi connectivity index (χ1) is 16.9. The number of phenols is 1. The highest BCUT2D eigenvalue weighted by Gasteiger charge is 2.75. The second-order valence-corrected chi connectivity index (χ2v) is 12.3. The van der Waals surface area contributed by atoms with Crippen LogP contribution in [0.4, 0.5) is 0 Å². The second-order valence-electron chi connectivity index (χ2n) is 9.88. The van der Waals surface area contributed by atoms with E-state index in [9.17, 15) is 24.3 Å². The Balaban J connectivity index is 1.74. The average Bonchev–Trinajstić information content (AvgIpc) is 3.16. The lowest BCUT2D eigenvalue weighted by Crippen LogP contribution is -2.60. The molecule has 0 spiro atoms. The van der Waals surface area contributed by atoms with Crippen molar-refractivity contribution in [1.82, 2.24) is 9.80 Å². The molecule has 4 aliphatic rings. The number of carbonyl (C=O) groups excluding carboxylic acids is 4. The van der Waals surface area contributed by atoms with Crippen LogP contribution in [-0.4, -0.2) is 69.0 Å². The summed E-state index contributed by atoms with van der Waals surface area (Å²) in [4.78, 5) is 52.2. The number of allylic oxidation sites excluding steroid dienone is 2. The van der Waals surface area contributed by atoms with Crippen molar-refractivity contribution in [3.8, 4) is 11.5 Å². The zero-order valence-electron chi connectivity index (χ0n) is 19.9. The number of amides is 4. The van der Waals surface area contributed by atoms with Gasteiger partial charge in [0.05, 0.1) is 22.5 Å². The molecule has 2 saturated heterocycles. The van der Waals surface area contributed by atoms with Gasteiger partial charge in [0.25, 0.3) is 11.8 Å². The fourth-order valence-electron chi connectivity index (χ4n) is 6.54. The van der Waals surface area contributed by atoms with Crippen molar-refractivity contribution in [2.75, 3.05) is 20.7 Å². The summed E-state index contributed by atoms with van der Waals surface area (Å²) in [5, 5.41) is 10.4. The third-order valence-corrected chi connectivity index (χ3v) is 10.4. The quantitative estimate of drug-likeness (QED) is 0.233. The van der Waals surface area contributed by atoms with Gasteiger partial charge in [-0.25, -0.2) is 0 Å². The summed E-state index contributed by atoms with van der Waals surface area (Å²) in [5.74, 6) is -4.29. The van der Waals surface area contributed by atoms with Gasteiger partial charge in [-0.2, -0.15) is 0 Å². The largest absolute Gasteiger partial charge is 0.504 e. The molecule has 2 aliphatic carbocycles. The van der Waals surface area contributed by atoms with Crippen LogP contribution in [0.2, 0.25) is 0 Å². The minimum Gasteiger partial charge on any atom is -0.504 e. The van der Waals surface area contributed by atoms with Crippen molar-refractivity contribution < 1.29 is 29.0 Å². The number of rotatable bonds is 4. The molecule has 1 saturated carbocycles. The summed E-state index contributed by atoms with van der Waals surface area (Å²) in [6.45, 7) is 2.23. The van der Waals surface area contributed by atoms with E-state index in [0.29, 0.717) is 34.1 Å². The third-order valence-electron chi connectivity index (χ3n) is 8.16. The van der Waals surface area contributed by atoms with Gasteiger partial charge in [-0.1, -0.05) is 18.6 Å². The summed E-state index contributed by atoms with van der Waals surface area (Å²) in [7, 11) is 2.76. The number of likely N-dealkylation sites (tertiary alicyclic amines) is 2. The molecule has 0 bridgehead atoms. The van der Waals surface area contributed by atoms with Crippen LogP contribution in [0.5, 0.6) is 11.5 Å². The van der Waals surface area contributed by atoms with Crippen LogP contribution in [0.3, 0.4) is 0 Å². The number of carbonyl (C=O) groups is 4. The molecule has 2 aliphatic heterocycles. The first kappa shape index (κ1) is 25.8. The zero-order valence-corrected chi connectivity index (χ0v) is 23.6. The number of alkyl halides is 2. The van der Waals surface area contributed by atoms with Gasteiger partial charge in [0.15, 0.2) is 21.2 Å². The zero-order chi connectivity index (χ0) is 26.3. The molecule has 36 heavy (non-hydrogen) atoms. The van der Waals surface area contributed by atoms with Gasteiger partial charge < -0.3 is 9.84 Å². The van der Waals surface area contributed by atoms with Crippen LogP contribution in [0, 0.1) is 21.3 Å². The predicted octanol–water partition coefficient (Wildman–Crippen LogP) is 3.40. The molecule has 2 heterocycles. The van der Waals surface area contributed by atoms with Crippen LogP contribution in [0.1, 0.15) is 37.7 Å². The van der Waals surface area contributed by atoms with Gasteiger partial charge in [0.1, 0.15) is 0 Å². The van der Waals surface area contributed by atoms with E-state index < -0.39 is 45.2 Å². The fraction of sp³-hybridized carbons (Fsp3) is 0.520. The first-order valence-corrected chi connectivity index (χ1v) is 13.6. The number of hydrogen-bond donors (Lipinski definition) is 1. The van der Waals surface area contributed by atoms with E-state index in [-0.39, 0.29) is 29.7 Å². The van der Waals surface area contributed by atoms with Crippen LogP contribution in [0.25, 0.3) is 0 Å². The number of aromatic hydroxyl groups is 1. The van der Waals surface area contributed by atoms with E-state index in [0.717, 1.165) is 4.90 Å². The Morgan fingerprint density at radius 1 is 1.14 bits per heavy atom. The molecular weight excluding hydrogens is 622 g/mol. The molecule has 0 radical (unpaired) electrons. The number of phenolic OH excluding ortho intramolecular Hbond substituents is 1. The molecule has 1 aromatic rings. The van der Waals surface area contributed by atoms with Crippen molar-refractivity contribution in [3.63, 3.8) is 0 Å². The van der Waals surface area contributed by atoms with Gasteiger partial charge in [-0.15, -0.1) is 23.2 Å². The normalized spacial score (nSPS) is 35.6. The Morgan fingerprint density at radius 2 is 1.83 bits per heavy atom. The van der Waals surface area contributed by atoms with Crippen LogP contribution < -0.4 is 4.74 Å². The lowest BCUT2D eigenvalue weighted by molar-refractivity contribution is -0.141. The van der Waals surface area contributed by atoms with Gasteiger partial charge in [-0.3, -0.25) is 29.0 Å². The Bertz CT molecular complexity index is 1250. The fourth-order valence-corrected chi connectivity index (χ4v) is 8.19. The third kappa shape index (κ3) is 3.11. The number of halogens is 3.